The predicted molar refractivity (Wildman–Crippen MR) is 60.5 cm³/mol. The third kappa shape index (κ3) is 1.72. The Labute approximate surface area is 88.9 Å². The van der Waals surface area contributed by atoms with Gasteiger partial charge in [-0.3, -0.25) is 0 Å². The van der Waals surface area contributed by atoms with Crippen molar-refractivity contribution in [3.63, 3.8) is 0 Å². The molecular weight excluding hydrogens is 188 g/mol. The molecule has 2 aromatic heterocycles. The Morgan fingerprint density at radius 1 is 1.40 bits per heavy atom. The largest absolute Gasteiger partial charge is 0.346 e. The molecule has 0 aliphatic heterocycles. The number of nitrogens with one attached hydrogen (secondary N) is 1. The minimum Gasteiger partial charge on any atom is -0.346 e. The van der Waals surface area contributed by atoms with Gasteiger partial charge >= 0.3 is 0 Å². The number of aromatic nitrogens is 3. The Bertz CT molecular complexity index is 473. The lowest BCUT2D eigenvalue weighted by atomic mass is 10.2. The molecule has 0 aromatic carbocycles. The van der Waals surface area contributed by atoms with Gasteiger partial charge in [0.1, 0.15) is 11.5 Å². The van der Waals surface area contributed by atoms with E-state index in [-0.39, 0.29) is 0 Å². The molecule has 0 aliphatic rings. The van der Waals surface area contributed by atoms with Gasteiger partial charge in [0.05, 0.1) is 5.69 Å². The third-order valence-electron chi connectivity index (χ3n) is 2.53. The first-order valence-electron chi connectivity index (χ1n) is 5.29. The topological polar surface area (TPSA) is 67.6 Å². The summed E-state index contributed by atoms with van der Waals surface area (Å²) in [4.78, 5) is 12.1. The first-order chi connectivity index (χ1) is 7.26. The van der Waals surface area contributed by atoms with E-state index in [2.05, 4.69) is 21.9 Å². The van der Waals surface area contributed by atoms with E-state index >= 15 is 0 Å². The normalized spacial score (nSPS) is 11.1. The van der Waals surface area contributed by atoms with Gasteiger partial charge in [-0.1, -0.05) is 6.92 Å². The van der Waals surface area contributed by atoms with Crippen LogP contribution in [0.4, 0.5) is 0 Å². The molecular formula is C11H16N4. The Balaban J connectivity index is 2.58. The summed E-state index contributed by atoms with van der Waals surface area (Å²) in [5.41, 5.74) is 8.67. The molecule has 2 heterocycles. The summed E-state index contributed by atoms with van der Waals surface area (Å²) < 4.78 is 0. The zero-order valence-electron chi connectivity index (χ0n) is 9.17. The molecule has 0 saturated heterocycles. The number of H-pyrrole nitrogens is 1. The maximum atomic E-state index is 5.65. The van der Waals surface area contributed by atoms with Crippen LogP contribution in [0.15, 0.2) is 6.20 Å². The molecule has 0 spiro atoms. The molecule has 2 rings (SSSR count). The van der Waals surface area contributed by atoms with Crippen molar-refractivity contribution >= 4 is 11.0 Å². The Kier molecular flexibility index (Phi) is 2.68. The zero-order valence-corrected chi connectivity index (χ0v) is 9.17. The van der Waals surface area contributed by atoms with Crippen molar-refractivity contribution in [1.82, 2.24) is 15.0 Å². The fourth-order valence-corrected chi connectivity index (χ4v) is 1.84. The molecule has 2 aromatic rings. The van der Waals surface area contributed by atoms with E-state index < -0.39 is 0 Å². The SMILES string of the molecule is CCCc1nc(C)c2c(CN)c[nH]c2n1. The average Bonchev–Trinajstić information content (AvgIpc) is 2.61. The van der Waals surface area contributed by atoms with E-state index in [1.54, 1.807) is 0 Å². The second-order valence-corrected chi connectivity index (χ2v) is 3.72. The van der Waals surface area contributed by atoms with Crippen LogP contribution in [-0.2, 0) is 13.0 Å². The van der Waals surface area contributed by atoms with Crippen LogP contribution in [0, 0.1) is 6.92 Å². The minimum atomic E-state index is 0.525. The van der Waals surface area contributed by atoms with E-state index in [1.165, 1.54) is 0 Å². The Hall–Kier alpha value is -1.42. The average molecular weight is 204 g/mol. The lowest BCUT2D eigenvalue weighted by Gasteiger charge is -2.02. The van der Waals surface area contributed by atoms with Gasteiger partial charge < -0.3 is 10.7 Å². The van der Waals surface area contributed by atoms with E-state index in [0.717, 1.165) is 41.0 Å². The molecule has 0 radical (unpaired) electrons. The number of aryl methyl sites for hydroxylation is 2. The highest BCUT2D eigenvalue weighted by Crippen LogP contribution is 2.19. The monoisotopic (exact) mass is 204 g/mol. The van der Waals surface area contributed by atoms with Crippen molar-refractivity contribution in [3.05, 3.63) is 23.3 Å². The smallest absolute Gasteiger partial charge is 0.141 e. The van der Waals surface area contributed by atoms with Gasteiger partial charge in [-0.05, 0) is 18.9 Å². The van der Waals surface area contributed by atoms with Crippen LogP contribution in [0.5, 0.6) is 0 Å². The molecule has 4 heteroatoms. The van der Waals surface area contributed by atoms with Gasteiger partial charge in [-0.15, -0.1) is 0 Å². The van der Waals surface area contributed by atoms with Gasteiger partial charge in [0.25, 0.3) is 0 Å². The second-order valence-electron chi connectivity index (χ2n) is 3.72. The van der Waals surface area contributed by atoms with Crippen LogP contribution in [0.3, 0.4) is 0 Å². The molecule has 0 saturated carbocycles. The summed E-state index contributed by atoms with van der Waals surface area (Å²) in [6.07, 6.45) is 3.91. The minimum absolute atomic E-state index is 0.525. The molecule has 0 fully saturated rings. The Morgan fingerprint density at radius 3 is 2.87 bits per heavy atom. The molecule has 3 N–H and O–H groups in total. The number of nitrogens with two attached hydrogens (primary N) is 1. The van der Waals surface area contributed by atoms with E-state index in [4.69, 9.17) is 5.73 Å². The predicted octanol–water partition coefficient (Wildman–Crippen LogP) is 1.68. The maximum absolute atomic E-state index is 5.65. The fourth-order valence-electron chi connectivity index (χ4n) is 1.84. The van der Waals surface area contributed by atoms with Crippen molar-refractivity contribution in [3.8, 4) is 0 Å². The summed E-state index contributed by atoms with van der Waals surface area (Å²) in [5.74, 6) is 0.910. The first-order valence-corrected chi connectivity index (χ1v) is 5.29. The summed E-state index contributed by atoms with van der Waals surface area (Å²) in [6, 6.07) is 0. The maximum Gasteiger partial charge on any atom is 0.141 e. The van der Waals surface area contributed by atoms with Gasteiger partial charge in [0.2, 0.25) is 0 Å². The second kappa shape index (κ2) is 3.98. The summed E-state index contributed by atoms with van der Waals surface area (Å²) in [7, 11) is 0. The highest BCUT2D eigenvalue weighted by molar-refractivity contribution is 5.82. The summed E-state index contributed by atoms with van der Waals surface area (Å²) in [6.45, 7) is 4.66. The van der Waals surface area contributed by atoms with Crippen LogP contribution in [0.1, 0.15) is 30.4 Å². The Morgan fingerprint density at radius 2 is 2.20 bits per heavy atom. The molecule has 0 bridgehead atoms. The van der Waals surface area contributed by atoms with E-state index in [9.17, 15) is 0 Å². The number of rotatable bonds is 3. The van der Waals surface area contributed by atoms with Gasteiger partial charge in [0.15, 0.2) is 0 Å². The number of fused-ring (bicyclic) bond motifs is 1. The van der Waals surface area contributed by atoms with Crippen LogP contribution in [0.2, 0.25) is 0 Å². The van der Waals surface area contributed by atoms with Gasteiger partial charge in [-0.2, -0.15) is 0 Å². The van der Waals surface area contributed by atoms with Gasteiger partial charge in [-0.25, -0.2) is 9.97 Å². The van der Waals surface area contributed by atoms with Crippen LogP contribution in [0.25, 0.3) is 11.0 Å². The summed E-state index contributed by atoms with van der Waals surface area (Å²) in [5, 5.41) is 1.08. The highest BCUT2D eigenvalue weighted by atomic mass is 14.9. The zero-order chi connectivity index (χ0) is 10.8. The van der Waals surface area contributed by atoms with Gasteiger partial charge in [0, 0.05) is 24.5 Å². The van der Waals surface area contributed by atoms with Crippen molar-refractivity contribution in [1.29, 1.82) is 0 Å². The number of aromatic amines is 1. The first kappa shape index (κ1) is 10.1. The lowest BCUT2D eigenvalue weighted by Crippen LogP contribution is -2.00. The molecule has 0 amide bonds. The summed E-state index contributed by atoms with van der Waals surface area (Å²) >= 11 is 0. The molecule has 4 nitrogen and oxygen atoms in total. The van der Waals surface area contributed by atoms with E-state index in [1.807, 2.05) is 13.1 Å². The lowest BCUT2D eigenvalue weighted by molar-refractivity contribution is 0.834. The molecule has 15 heavy (non-hydrogen) atoms. The fraction of sp³-hybridized carbons (Fsp3) is 0.455. The van der Waals surface area contributed by atoms with E-state index in [0.29, 0.717) is 6.54 Å². The number of nitrogens with zero attached hydrogens (tertiary/aromatic N) is 2. The molecule has 0 aliphatic carbocycles. The van der Waals surface area contributed by atoms with Crippen molar-refractivity contribution in [2.75, 3.05) is 0 Å². The van der Waals surface area contributed by atoms with Crippen molar-refractivity contribution in [2.24, 2.45) is 5.73 Å². The molecule has 0 atom stereocenters. The number of hydrogen-bond donors (Lipinski definition) is 2. The quantitative estimate of drug-likeness (QED) is 0.799. The van der Waals surface area contributed by atoms with Crippen LogP contribution in [-0.4, -0.2) is 15.0 Å². The standard InChI is InChI=1S/C11H16N4/c1-3-4-9-14-7(2)10-8(5-12)6-13-11(10)15-9/h6H,3-5,12H2,1-2H3,(H,13,14,15). The molecule has 0 unspecified atom stereocenters. The highest BCUT2D eigenvalue weighted by Gasteiger charge is 2.09. The van der Waals surface area contributed by atoms with Crippen molar-refractivity contribution < 1.29 is 0 Å². The van der Waals surface area contributed by atoms with Crippen LogP contribution < -0.4 is 5.73 Å². The van der Waals surface area contributed by atoms with Crippen molar-refractivity contribution in [2.45, 2.75) is 33.2 Å². The molecule has 80 valence electrons. The number of hydrogen-bond acceptors (Lipinski definition) is 3. The van der Waals surface area contributed by atoms with Crippen LogP contribution >= 0.6 is 0 Å². The third-order valence-corrected chi connectivity index (χ3v) is 2.53.